The van der Waals surface area contributed by atoms with Crippen LogP contribution in [0.3, 0.4) is 0 Å². The van der Waals surface area contributed by atoms with Crippen molar-refractivity contribution < 1.29 is 0 Å². The average molecular weight is 611 g/mol. The zero-order chi connectivity index (χ0) is 31.6. The van der Waals surface area contributed by atoms with Gasteiger partial charge in [0, 0.05) is 32.9 Å². The fraction of sp³-hybridized carbons (Fsp3) is 0. The molecule has 2 heterocycles. The van der Waals surface area contributed by atoms with E-state index in [0.29, 0.717) is 0 Å². The van der Waals surface area contributed by atoms with Gasteiger partial charge < -0.3 is 9.13 Å². The van der Waals surface area contributed by atoms with E-state index in [1.165, 1.54) is 82.3 Å². The summed E-state index contributed by atoms with van der Waals surface area (Å²) in [4.78, 5) is 0. The van der Waals surface area contributed by atoms with Gasteiger partial charge in [0.15, 0.2) is 0 Å². The number of para-hydroxylation sites is 3. The highest BCUT2D eigenvalue weighted by Gasteiger charge is 2.17. The summed E-state index contributed by atoms with van der Waals surface area (Å²) < 4.78 is 4.81. The minimum Gasteiger partial charge on any atom is -0.309 e. The molecule has 0 aliphatic heterocycles. The van der Waals surface area contributed by atoms with Gasteiger partial charge in [-0.3, -0.25) is 0 Å². The van der Waals surface area contributed by atoms with E-state index in [-0.39, 0.29) is 0 Å². The van der Waals surface area contributed by atoms with Crippen molar-refractivity contribution in [1.29, 1.82) is 0 Å². The largest absolute Gasteiger partial charge is 0.309 e. The first kappa shape index (κ1) is 26.8. The maximum Gasteiger partial charge on any atom is 0.0561 e. The van der Waals surface area contributed by atoms with E-state index >= 15 is 0 Å². The monoisotopic (exact) mass is 610 g/mol. The molecule has 10 aromatic rings. The number of rotatable bonds is 4. The average Bonchev–Trinajstić information content (AvgIpc) is 3.67. The molecule has 48 heavy (non-hydrogen) atoms. The molecular formula is C46H30N2. The molecule has 2 heteroatoms. The van der Waals surface area contributed by atoms with Crippen molar-refractivity contribution in [3.63, 3.8) is 0 Å². The lowest BCUT2D eigenvalue weighted by atomic mass is 9.96. The maximum atomic E-state index is 2.42. The molecule has 0 N–H and O–H groups in total. The molecule has 224 valence electrons. The van der Waals surface area contributed by atoms with Crippen molar-refractivity contribution in [2.24, 2.45) is 0 Å². The van der Waals surface area contributed by atoms with Gasteiger partial charge in [0.2, 0.25) is 0 Å². The van der Waals surface area contributed by atoms with Gasteiger partial charge in [-0.25, -0.2) is 0 Å². The second kappa shape index (κ2) is 10.6. The molecule has 0 saturated heterocycles. The summed E-state index contributed by atoms with van der Waals surface area (Å²) in [5, 5.41) is 7.58. The maximum absolute atomic E-state index is 2.42. The topological polar surface area (TPSA) is 9.86 Å². The quantitative estimate of drug-likeness (QED) is 0.188. The van der Waals surface area contributed by atoms with Crippen LogP contribution in [0.15, 0.2) is 182 Å². The summed E-state index contributed by atoms with van der Waals surface area (Å²) in [6, 6.07) is 66.2. The third-order valence-corrected chi connectivity index (χ3v) is 9.92. The Hall–Kier alpha value is -6.38. The van der Waals surface area contributed by atoms with Crippen LogP contribution >= 0.6 is 0 Å². The Bertz CT molecular complexity index is 2810. The van der Waals surface area contributed by atoms with Gasteiger partial charge in [-0.1, -0.05) is 133 Å². The van der Waals surface area contributed by atoms with E-state index in [9.17, 15) is 0 Å². The Morgan fingerprint density at radius 1 is 0.271 bits per heavy atom. The highest BCUT2D eigenvalue weighted by atomic mass is 15.0. The van der Waals surface area contributed by atoms with Crippen LogP contribution in [0.2, 0.25) is 0 Å². The standard InChI is InChI=1S/C46H30N2/c1-2-13-35(14-3-1)47-43-19-8-6-16-39(43)41-27-26-36(30-46(41)47)48-44-20-9-7-17-40(44)42-29-34(25-28-45(42)48)31-21-23-33(24-22-31)38-18-10-12-32-11-4-5-15-37(32)38/h1-30H. The van der Waals surface area contributed by atoms with Gasteiger partial charge in [-0.15, -0.1) is 0 Å². The van der Waals surface area contributed by atoms with Crippen LogP contribution in [-0.2, 0) is 0 Å². The molecule has 0 unspecified atom stereocenters. The summed E-state index contributed by atoms with van der Waals surface area (Å²) in [6.07, 6.45) is 0. The van der Waals surface area contributed by atoms with Gasteiger partial charge in [0.1, 0.15) is 0 Å². The molecule has 0 radical (unpaired) electrons. The molecule has 2 nitrogen and oxygen atoms in total. The molecular weight excluding hydrogens is 581 g/mol. The van der Waals surface area contributed by atoms with Gasteiger partial charge in [0.05, 0.1) is 22.1 Å². The van der Waals surface area contributed by atoms with Crippen LogP contribution in [-0.4, -0.2) is 9.13 Å². The Kier molecular flexibility index (Phi) is 5.91. The molecule has 10 rings (SSSR count). The summed E-state index contributed by atoms with van der Waals surface area (Å²) >= 11 is 0. The van der Waals surface area contributed by atoms with Crippen LogP contribution in [0, 0.1) is 0 Å². The first-order chi connectivity index (χ1) is 23.8. The van der Waals surface area contributed by atoms with Gasteiger partial charge >= 0.3 is 0 Å². The first-order valence-electron chi connectivity index (χ1n) is 16.5. The second-order valence-corrected chi connectivity index (χ2v) is 12.6. The number of benzene rings is 8. The van der Waals surface area contributed by atoms with E-state index < -0.39 is 0 Å². The lowest BCUT2D eigenvalue weighted by Gasteiger charge is -2.11. The SMILES string of the molecule is c1ccc(-n2c3ccccc3c3ccc(-n4c5ccccc5c5cc(-c6ccc(-c7cccc8ccccc78)cc6)ccc54)cc32)cc1. The molecule has 0 atom stereocenters. The number of aromatic nitrogens is 2. The second-order valence-electron chi connectivity index (χ2n) is 12.6. The molecule has 0 bridgehead atoms. The zero-order valence-corrected chi connectivity index (χ0v) is 26.2. The normalized spacial score (nSPS) is 11.8. The predicted molar refractivity (Wildman–Crippen MR) is 203 cm³/mol. The van der Waals surface area contributed by atoms with Crippen LogP contribution in [0.1, 0.15) is 0 Å². The van der Waals surface area contributed by atoms with Gasteiger partial charge in [0.25, 0.3) is 0 Å². The number of fused-ring (bicyclic) bond motifs is 7. The fourth-order valence-electron chi connectivity index (χ4n) is 7.70. The van der Waals surface area contributed by atoms with Crippen molar-refractivity contribution in [3.05, 3.63) is 182 Å². The Labute approximate surface area is 278 Å². The summed E-state index contributed by atoms with van der Waals surface area (Å²) in [5.74, 6) is 0. The van der Waals surface area contributed by atoms with E-state index in [2.05, 4.69) is 191 Å². The fourth-order valence-corrected chi connectivity index (χ4v) is 7.70. The lowest BCUT2D eigenvalue weighted by molar-refractivity contribution is 1.15. The molecule has 0 aliphatic rings. The molecule has 0 saturated carbocycles. The van der Waals surface area contributed by atoms with Crippen molar-refractivity contribution in [1.82, 2.24) is 9.13 Å². The molecule has 0 amide bonds. The van der Waals surface area contributed by atoms with Crippen LogP contribution in [0.4, 0.5) is 0 Å². The first-order valence-corrected chi connectivity index (χ1v) is 16.5. The van der Waals surface area contributed by atoms with E-state index in [0.717, 1.165) is 5.69 Å². The van der Waals surface area contributed by atoms with E-state index in [1.54, 1.807) is 0 Å². The minimum atomic E-state index is 1.15. The molecule has 0 spiro atoms. The van der Waals surface area contributed by atoms with Crippen LogP contribution in [0.5, 0.6) is 0 Å². The lowest BCUT2D eigenvalue weighted by Crippen LogP contribution is -1.96. The molecule has 8 aromatic carbocycles. The van der Waals surface area contributed by atoms with Crippen molar-refractivity contribution in [2.45, 2.75) is 0 Å². The highest BCUT2D eigenvalue weighted by molar-refractivity contribution is 6.12. The van der Waals surface area contributed by atoms with Crippen LogP contribution in [0.25, 0.3) is 88.0 Å². The molecule has 0 aliphatic carbocycles. The van der Waals surface area contributed by atoms with Crippen molar-refractivity contribution in [3.8, 4) is 33.6 Å². The summed E-state index contributed by atoms with van der Waals surface area (Å²) in [5.41, 5.74) is 12.1. The van der Waals surface area contributed by atoms with E-state index in [1.807, 2.05) is 0 Å². The Morgan fingerprint density at radius 2 is 0.833 bits per heavy atom. The Balaban J connectivity index is 1.13. The third-order valence-electron chi connectivity index (χ3n) is 9.92. The van der Waals surface area contributed by atoms with Gasteiger partial charge in [-0.2, -0.15) is 0 Å². The number of hydrogen-bond acceptors (Lipinski definition) is 0. The van der Waals surface area contributed by atoms with Crippen molar-refractivity contribution in [2.75, 3.05) is 0 Å². The number of hydrogen-bond donors (Lipinski definition) is 0. The van der Waals surface area contributed by atoms with E-state index in [4.69, 9.17) is 0 Å². The van der Waals surface area contributed by atoms with Gasteiger partial charge in [-0.05, 0) is 81.6 Å². The third kappa shape index (κ3) is 4.06. The Morgan fingerprint density at radius 3 is 1.62 bits per heavy atom. The zero-order valence-electron chi connectivity index (χ0n) is 26.2. The van der Waals surface area contributed by atoms with Crippen molar-refractivity contribution >= 4 is 54.4 Å². The summed E-state index contributed by atoms with van der Waals surface area (Å²) in [7, 11) is 0. The number of nitrogens with zero attached hydrogens (tertiary/aromatic N) is 2. The minimum absolute atomic E-state index is 1.15. The smallest absolute Gasteiger partial charge is 0.0561 e. The molecule has 0 fully saturated rings. The molecule has 2 aromatic heterocycles. The summed E-state index contributed by atoms with van der Waals surface area (Å²) in [6.45, 7) is 0. The predicted octanol–water partition coefficient (Wildman–Crippen LogP) is 12.4. The van der Waals surface area contributed by atoms with Crippen LogP contribution < -0.4 is 0 Å². The highest BCUT2D eigenvalue weighted by Crippen LogP contribution is 2.38.